The number of pyridine rings is 1. The molecular formula is C20H20N2O2. The number of esters is 1. The molecule has 2 aromatic rings. The summed E-state index contributed by atoms with van der Waals surface area (Å²) in [5.41, 5.74) is 4.90. The molecule has 24 heavy (non-hydrogen) atoms. The van der Waals surface area contributed by atoms with E-state index in [1.807, 2.05) is 31.3 Å². The minimum Gasteiger partial charge on any atom is -0.465 e. The van der Waals surface area contributed by atoms with Crippen LogP contribution in [0.15, 0.2) is 48.7 Å². The molecule has 0 spiro atoms. The molecule has 0 radical (unpaired) electrons. The van der Waals surface area contributed by atoms with E-state index in [9.17, 15) is 4.79 Å². The number of carbonyl (C=O) groups is 1. The maximum absolute atomic E-state index is 12.0. The highest BCUT2D eigenvalue weighted by atomic mass is 16.5. The first-order valence-electron chi connectivity index (χ1n) is 8.26. The van der Waals surface area contributed by atoms with Gasteiger partial charge in [-0.1, -0.05) is 24.3 Å². The molecule has 1 N–H and O–H groups in total. The van der Waals surface area contributed by atoms with Crippen molar-refractivity contribution in [2.24, 2.45) is 5.92 Å². The van der Waals surface area contributed by atoms with E-state index in [1.54, 1.807) is 0 Å². The molecule has 2 heterocycles. The standard InChI is InChI=1S/C20H20N2O2/c1-12-13(20(23)24-2)9-10-16-14-6-5-7-15(14)19(22-18(12)16)17-8-3-4-11-21-17/h3-6,8-11,14-15,19,22H,7H2,1-2H3/t14-,15+,19+/m1/s1. The van der Waals surface area contributed by atoms with Crippen LogP contribution in [0.4, 0.5) is 5.69 Å². The quantitative estimate of drug-likeness (QED) is 0.671. The third-order valence-electron chi connectivity index (χ3n) is 5.21. The maximum Gasteiger partial charge on any atom is 0.338 e. The molecule has 0 fully saturated rings. The predicted octanol–water partition coefficient (Wildman–Crippen LogP) is 4.00. The van der Waals surface area contributed by atoms with Gasteiger partial charge in [-0.15, -0.1) is 0 Å². The normalized spacial score (nSPS) is 24.0. The van der Waals surface area contributed by atoms with Crippen molar-refractivity contribution in [1.29, 1.82) is 0 Å². The zero-order valence-electron chi connectivity index (χ0n) is 13.8. The summed E-state index contributed by atoms with van der Waals surface area (Å²) in [7, 11) is 1.42. The first-order valence-corrected chi connectivity index (χ1v) is 8.26. The molecule has 4 nitrogen and oxygen atoms in total. The Hall–Kier alpha value is -2.62. The van der Waals surface area contributed by atoms with Gasteiger partial charge in [-0.3, -0.25) is 4.98 Å². The van der Waals surface area contributed by atoms with Crippen molar-refractivity contribution in [3.8, 4) is 0 Å². The van der Waals surface area contributed by atoms with Crippen LogP contribution in [0, 0.1) is 12.8 Å². The highest BCUT2D eigenvalue weighted by Gasteiger charge is 2.39. The summed E-state index contributed by atoms with van der Waals surface area (Å²) >= 11 is 0. The number of carbonyl (C=O) groups excluding carboxylic acids is 1. The zero-order valence-corrected chi connectivity index (χ0v) is 13.8. The minimum atomic E-state index is -0.296. The first-order chi connectivity index (χ1) is 11.7. The van der Waals surface area contributed by atoms with E-state index >= 15 is 0 Å². The van der Waals surface area contributed by atoms with Crippen LogP contribution < -0.4 is 5.32 Å². The van der Waals surface area contributed by atoms with Crippen molar-refractivity contribution in [2.75, 3.05) is 12.4 Å². The van der Waals surface area contributed by atoms with Gasteiger partial charge in [0.15, 0.2) is 0 Å². The van der Waals surface area contributed by atoms with E-state index in [2.05, 4.69) is 34.6 Å². The van der Waals surface area contributed by atoms with Gasteiger partial charge < -0.3 is 10.1 Å². The van der Waals surface area contributed by atoms with Crippen molar-refractivity contribution in [3.05, 3.63) is 71.1 Å². The molecule has 3 atom stereocenters. The molecule has 1 aromatic carbocycles. The van der Waals surface area contributed by atoms with E-state index in [4.69, 9.17) is 4.74 Å². The molecule has 1 aliphatic heterocycles. The number of hydrogen-bond acceptors (Lipinski definition) is 4. The monoisotopic (exact) mass is 320 g/mol. The van der Waals surface area contributed by atoms with Gasteiger partial charge in [0, 0.05) is 17.8 Å². The van der Waals surface area contributed by atoms with Crippen molar-refractivity contribution < 1.29 is 9.53 Å². The summed E-state index contributed by atoms with van der Waals surface area (Å²) in [5.74, 6) is 0.519. The molecule has 0 saturated carbocycles. The van der Waals surface area contributed by atoms with E-state index in [0.29, 0.717) is 17.4 Å². The van der Waals surface area contributed by atoms with Crippen LogP contribution in [-0.2, 0) is 4.74 Å². The maximum atomic E-state index is 12.0. The Labute approximate surface area is 141 Å². The van der Waals surface area contributed by atoms with Gasteiger partial charge in [-0.25, -0.2) is 4.79 Å². The molecule has 1 aliphatic carbocycles. The van der Waals surface area contributed by atoms with Crippen LogP contribution in [0.3, 0.4) is 0 Å². The number of benzene rings is 1. The van der Waals surface area contributed by atoms with Crippen LogP contribution in [0.5, 0.6) is 0 Å². The zero-order chi connectivity index (χ0) is 16.7. The summed E-state index contributed by atoms with van der Waals surface area (Å²) in [6.45, 7) is 1.98. The van der Waals surface area contributed by atoms with Crippen molar-refractivity contribution >= 4 is 11.7 Å². The minimum absolute atomic E-state index is 0.144. The van der Waals surface area contributed by atoms with Gasteiger partial charge >= 0.3 is 5.97 Å². The van der Waals surface area contributed by atoms with Crippen LogP contribution in [0.25, 0.3) is 0 Å². The summed E-state index contributed by atoms with van der Waals surface area (Å²) < 4.78 is 4.91. The highest BCUT2D eigenvalue weighted by Crippen LogP contribution is 2.50. The summed E-state index contributed by atoms with van der Waals surface area (Å²) in [5, 5.41) is 3.66. The Morgan fingerprint density at radius 3 is 2.92 bits per heavy atom. The molecule has 1 aromatic heterocycles. The van der Waals surface area contributed by atoms with E-state index < -0.39 is 0 Å². The van der Waals surface area contributed by atoms with E-state index in [1.165, 1.54) is 12.7 Å². The highest BCUT2D eigenvalue weighted by molar-refractivity contribution is 5.93. The third-order valence-corrected chi connectivity index (χ3v) is 5.21. The number of rotatable bonds is 2. The summed E-state index contributed by atoms with van der Waals surface area (Å²) in [6.07, 6.45) is 7.42. The van der Waals surface area contributed by atoms with Crippen molar-refractivity contribution in [3.63, 3.8) is 0 Å². The number of methoxy groups -OCH3 is 1. The number of nitrogens with zero attached hydrogens (tertiary/aromatic N) is 1. The van der Waals surface area contributed by atoms with Gasteiger partial charge in [0.1, 0.15) is 0 Å². The molecule has 0 amide bonds. The molecule has 4 heteroatoms. The van der Waals surface area contributed by atoms with E-state index in [0.717, 1.165) is 23.4 Å². The lowest BCUT2D eigenvalue weighted by Gasteiger charge is -2.38. The average Bonchev–Trinajstić information content (AvgIpc) is 3.11. The van der Waals surface area contributed by atoms with Gasteiger partial charge in [0.05, 0.1) is 24.4 Å². The fourth-order valence-corrected chi connectivity index (χ4v) is 4.00. The smallest absolute Gasteiger partial charge is 0.338 e. The lowest BCUT2D eigenvalue weighted by atomic mass is 9.77. The number of allylic oxidation sites excluding steroid dienone is 2. The number of hydrogen-bond donors (Lipinski definition) is 1. The van der Waals surface area contributed by atoms with Gasteiger partial charge in [0.25, 0.3) is 0 Å². The van der Waals surface area contributed by atoms with Crippen molar-refractivity contribution in [1.82, 2.24) is 4.98 Å². The number of fused-ring (bicyclic) bond motifs is 3. The largest absolute Gasteiger partial charge is 0.465 e. The number of aromatic nitrogens is 1. The molecule has 0 bridgehead atoms. The topological polar surface area (TPSA) is 51.2 Å². The lowest BCUT2D eigenvalue weighted by Crippen LogP contribution is -2.30. The number of nitrogens with one attached hydrogen (secondary N) is 1. The SMILES string of the molecule is COC(=O)c1ccc2c(c1C)N[C@H](c1ccccn1)[C@H]1CC=C[C@@H]21. The van der Waals surface area contributed by atoms with Gasteiger partial charge in [-0.2, -0.15) is 0 Å². The Morgan fingerprint density at radius 2 is 2.17 bits per heavy atom. The number of anilines is 1. The van der Waals surface area contributed by atoms with Gasteiger partial charge in [0.2, 0.25) is 0 Å². The van der Waals surface area contributed by atoms with E-state index in [-0.39, 0.29) is 12.0 Å². The van der Waals surface area contributed by atoms with Crippen LogP contribution in [0.2, 0.25) is 0 Å². The predicted molar refractivity (Wildman–Crippen MR) is 93.1 cm³/mol. The lowest BCUT2D eigenvalue weighted by molar-refractivity contribution is 0.0600. The van der Waals surface area contributed by atoms with Crippen LogP contribution in [0.1, 0.15) is 45.6 Å². The van der Waals surface area contributed by atoms with Crippen LogP contribution in [-0.4, -0.2) is 18.1 Å². The summed E-state index contributed by atoms with van der Waals surface area (Å²) in [4.78, 5) is 16.6. The molecule has 4 rings (SSSR count). The molecule has 2 aliphatic rings. The molecule has 122 valence electrons. The fourth-order valence-electron chi connectivity index (χ4n) is 4.00. The Kier molecular flexibility index (Phi) is 3.60. The number of ether oxygens (including phenoxy) is 1. The first kappa shape index (κ1) is 14.9. The molecule has 0 unspecified atom stereocenters. The average molecular weight is 320 g/mol. The Balaban J connectivity index is 1.83. The van der Waals surface area contributed by atoms with Gasteiger partial charge in [-0.05, 0) is 48.6 Å². The molecular weight excluding hydrogens is 300 g/mol. The Morgan fingerprint density at radius 1 is 1.29 bits per heavy atom. The molecule has 0 saturated heterocycles. The Bertz CT molecular complexity index is 814. The summed E-state index contributed by atoms with van der Waals surface area (Å²) in [6, 6.07) is 10.1. The van der Waals surface area contributed by atoms with Crippen LogP contribution >= 0.6 is 0 Å². The van der Waals surface area contributed by atoms with Crippen molar-refractivity contribution in [2.45, 2.75) is 25.3 Å². The second-order valence-corrected chi connectivity index (χ2v) is 6.42. The second-order valence-electron chi connectivity index (χ2n) is 6.42. The third kappa shape index (κ3) is 2.21. The second kappa shape index (κ2) is 5.78. The fraction of sp³-hybridized carbons (Fsp3) is 0.300.